The summed E-state index contributed by atoms with van der Waals surface area (Å²) in [4.78, 5) is 18.3. The first-order chi connectivity index (χ1) is 5.70. The van der Waals surface area contributed by atoms with Crippen LogP contribution in [0.15, 0.2) is 12.4 Å². The van der Waals surface area contributed by atoms with Crippen molar-refractivity contribution in [1.29, 1.82) is 0 Å². The van der Waals surface area contributed by atoms with Gasteiger partial charge in [0.25, 0.3) is 0 Å². The van der Waals surface area contributed by atoms with Crippen LogP contribution in [0.1, 0.15) is 6.92 Å². The van der Waals surface area contributed by atoms with Gasteiger partial charge >= 0.3 is 0 Å². The van der Waals surface area contributed by atoms with Crippen LogP contribution in [0.4, 0.5) is 5.82 Å². The van der Waals surface area contributed by atoms with Crippen LogP contribution in [-0.4, -0.2) is 22.3 Å². The van der Waals surface area contributed by atoms with Gasteiger partial charge in [-0.25, -0.2) is 9.97 Å². The Morgan fingerprint density at radius 2 is 2.25 bits per heavy atom. The van der Waals surface area contributed by atoms with Crippen molar-refractivity contribution in [3.8, 4) is 0 Å². The molecule has 1 aromatic rings. The standard InChI is InChI=1S/C7H8ClN3O/c1-5(12)4-11-7-6(8)9-2-3-10-7/h2-3H,4H2,1H3,(H,10,11). The number of hydrogen-bond acceptors (Lipinski definition) is 4. The monoisotopic (exact) mass is 185 g/mol. The first-order valence-electron chi connectivity index (χ1n) is 3.40. The third kappa shape index (κ3) is 2.47. The maximum Gasteiger partial charge on any atom is 0.171 e. The van der Waals surface area contributed by atoms with Crippen LogP contribution >= 0.6 is 11.6 Å². The van der Waals surface area contributed by atoms with Crippen LogP contribution < -0.4 is 5.32 Å². The summed E-state index contributed by atoms with van der Waals surface area (Å²) >= 11 is 5.66. The number of anilines is 1. The van der Waals surface area contributed by atoms with E-state index in [0.29, 0.717) is 5.82 Å². The lowest BCUT2D eigenvalue weighted by atomic mass is 10.4. The van der Waals surface area contributed by atoms with Gasteiger partial charge < -0.3 is 5.32 Å². The van der Waals surface area contributed by atoms with Gasteiger partial charge in [0, 0.05) is 12.4 Å². The topological polar surface area (TPSA) is 54.9 Å². The first-order valence-corrected chi connectivity index (χ1v) is 3.78. The quantitative estimate of drug-likeness (QED) is 0.767. The van der Waals surface area contributed by atoms with Crippen molar-refractivity contribution < 1.29 is 4.79 Å². The zero-order chi connectivity index (χ0) is 8.97. The lowest BCUT2D eigenvalue weighted by Crippen LogP contribution is -2.11. The van der Waals surface area contributed by atoms with E-state index in [2.05, 4.69) is 15.3 Å². The summed E-state index contributed by atoms with van der Waals surface area (Å²) in [5.41, 5.74) is 0. The molecule has 0 saturated heterocycles. The molecule has 0 radical (unpaired) electrons. The van der Waals surface area contributed by atoms with Gasteiger partial charge in [-0.05, 0) is 6.92 Å². The first kappa shape index (κ1) is 8.93. The lowest BCUT2D eigenvalue weighted by molar-refractivity contribution is -0.115. The number of rotatable bonds is 3. The minimum atomic E-state index is 0.0247. The largest absolute Gasteiger partial charge is 0.360 e. The lowest BCUT2D eigenvalue weighted by Gasteiger charge is -2.02. The van der Waals surface area contributed by atoms with Crippen LogP contribution in [-0.2, 0) is 4.79 Å². The molecule has 0 bridgehead atoms. The average molecular weight is 186 g/mol. The van der Waals surface area contributed by atoms with E-state index >= 15 is 0 Å². The summed E-state index contributed by atoms with van der Waals surface area (Å²) in [6.07, 6.45) is 3.00. The van der Waals surface area contributed by atoms with Gasteiger partial charge in [0.05, 0.1) is 6.54 Å². The predicted octanol–water partition coefficient (Wildman–Crippen LogP) is 1.13. The number of Topliss-reactive ketones (excluding diaryl/α,β-unsaturated/α-hetero) is 1. The minimum absolute atomic E-state index is 0.0247. The molecular formula is C7H8ClN3O. The highest BCUT2D eigenvalue weighted by molar-refractivity contribution is 6.31. The van der Waals surface area contributed by atoms with Crippen molar-refractivity contribution in [3.05, 3.63) is 17.5 Å². The van der Waals surface area contributed by atoms with Crippen molar-refractivity contribution in [1.82, 2.24) is 9.97 Å². The van der Waals surface area contributed by atoms with Crippen molar-refractivity contribution in [2.45, 2.75) is 6.92 Å². The molecule has 4 nitrogen and oxygen atoms in total. The maximum atomic E-state index is 10.6. The molecule has 0 aromatic carbocycles. The molecule has 0 amide bonds. The number of aromatic nitrogens is 2. The summed E-state index contributed by atoms with van der Waals surface area (Å²) in [7, 11) is 0. The molecule has 1 N–H and O–H groups in total. The molecule has 0 aliphatic carbocycles. The van der Waals surface area contributed by atoms with Crippen LogP contribution in [0.2, 0.25) is 5.15 Å². The number of nitrogens with zero attached hydrogens (tertiary/aromatic N) is 2. The molecule has 1 rings (SSSR count). The van der Waals surface area contributed by atoms with Crippen molar-refractivity contribution in [2.75, 3.05) is 11.9 Å². The Kier molecular flexibility index (Phi) is 2.99. The van der Waals surface area contributed by atoms with Crippen LogP contribution in [0.3, 0.4) is 0 Å². The van der Waals surface area contributed by atoms with Gasteiger partial charge in [-0.3, -0.25) is 4.79 Å². The third-order valence-electron chi connectivity index (χ3n) is 1.16. The van der Waals surface area contributed by atoms with Crippen LogP contribution in [0, 0.1) is 0 Å². The Hall–Kier alpha value is -1.16. The fourth-order valence-electron chi connectivity index (χ4n) is 0.648. The molecule has 0 aliphatic rings. The number of carbonyl (C=O) groups excluding carboxylic acids is 1. The smallest absolute Gasteiger partial charge is 0.171 e. The predicted molar refractivity (Wildman–Crippen MR) is 46.2 cm³/mol. The highest BCUT2D eigenvalue weighted by atomic mass is 35.5. The van der Waals surface area contributed by atoms with Crippen molar-refractivity contribution in [2.24, 2.45) is 0 Å². The second-order valence-corrected chi connectivity index (χ2v) is 2.61. The summed E-state index contributed by atoms with van der Waals surface area (Å²) in [5, 5.41) is 3.03. The van der Waals surface area contributed by atoms with Crippen LogP contribution in [0.5, 0.6) is 0 Å². The molecule has 1 heterocycles. The van der Waals surface area contributed by atoms with Crippen LogP contribution in [0.25, 0.3) is 0 Å². The number of ketones is 1. The number of carbonyl (C=O) groups is 1. The van der Waals surface area contributed by atoms with E-state index in [4.69, 9.17) is 11.6 Å². The molecule has 0 aliphatic heterocycles. The molecule has 0 unspecified atom stereocenters. The average Bonchev–Trinajstić information content (AvgIpc) is 2.03. The highest BCUT2D eigenvalue weighted by Gasteiger charge is 2.00. The molecule has 64 valence electrons. The molecular weight excluding hydrogens is 178 g/mol. The second-order valence-electron chi connectivity index (χ2n) is 2.25. The van der Waals surface area contributed by atoms with E-state index in [1.54, 1.807) is 0 Å². The highest BCUT2D eigenvalue weighted by Crippen LogP contribution is 2.13. The normalized spacial score (nSPS) is 9.50. The van der Waals surface area contributed by atoms with Gasteiger partial charge in [-0.15, -0.1) is 0 Å². The molecule has 12 heavy (non-hydrogen) atoms. The van der Waals surface area contributed by atoms with E-state index < -0.39 is 0 Å². The third-order valence-corrected chi connectivity index (χ3v) is 1.43. The summed E-state index contributed by atoms with van der Waals surface area (Å²) in [6, 6.07) is 0. The van der Waals surface area contributed by atoms with Gasteiger partial charge in [-0.1, -0.05) is 11.6 Å². The molecule has 1 aromatic heterocycles. The Morgan fingerprint density at radius 1 is 1.58 bits per heavy atom. The van der Waals surface area contributed by atoms with Gasteiger partial charge in [0.15, 0.2) is 11.0 Å². The Bertz CT molecular complexity index is 290. The van der Waals surface area contributed by atoms with Gasteiger partial charge in [0.2, 0.25) is 0 Å². The Morgan fingerprint density at radius 3 is 2.83 bits per heavy atom. The Labute approximate surface area is 75.0 Å². The summed E-state index contributed by atoms with van der Waals surface area (Å²) in [5.74, 6) is 0.464. The van der Waals surface area contributed by atoms with E-state index in [0.717, 1.165) is 0 Å². The van der Waals surface area contributed by atoms with Gasteiger partial charge in [0.1, 0.15) is 5.78 Å². The number of halogens is 1. The van der Waals surface area contributed by atoms with Crippen molar-refractivity contribution in [3.63, 3.8) is 0 Å². The van der Waals surface area contributed by atoms with E-state index in [-0.39, 0.29) is 17.5 Å². The maximum absolute atomic E-state index is 10.6. The molecule has 0 atom stereocenters. The fraction of sp³-hybridized carbons (Fsp3) is 0.286. The Balaban J connectivity index is 2.63. The zero-order valence-electron chi connectivity index (χ0n) is 6.54. The minimum Gasteiger partial charge on any atom is -0.360 e. The molecule has 0 fully saturated rings. The fourth-order valence-corrected chi connectivity index (χ4v) is 0.820. The van der Waals surface area contributed by atoms with E-state index in [1.165, 1.54) is 19.3 Å². The SMILES string of the molecule is CC(=O)CNc1nccnc1Cl. The molecule has 5 heteroatoms. The van der Waals surface area contributed by atoms with E-state index in [1.807, 2.05) is 0 Å². The molecule has 0 saturated carbocycles. The summed E-state index contributed by atoms with van der Waals surface area (Å²) in [6.45, 7) is 1.70. The number of hydrogen-bond donors (Lipinski definition) is 1. The molecule has 0 spiro atoms. The zero-order valence-corrected chi connectivity index (χ0v) is 7.30. The van der Waals surface area contributed by atoms with E-state index in [9.17, 15) is 4.79 Å². The number of nitrogens with one attached hydrogen (secondary N) is 1. The summed E-state index contributed by atoms with van der Waals surface area (Å²) < 4.78 is 0. The van der Waals surface area contributed by atoms with Gasteiger partial charge in [-0.2, -0.15) is 0 Å². The van der Waals surface area contributed by atoms with Crippen molar-refractivity contribution >= 4 is 23.2 Å². The second kappa shape index (κ2) is 4.01.